The predicted octanol–water partition coefficient (Wildman–Crippen LogP) is 4.31. The number of hydrogen-bond donors (Lipinski definition) is 1. The fraction of sp³-hybridized carbons (Fsp3) is 0.370. The molecule has 2 atom stereocenters. The Labute approximate surface area is 206 Å². The minimum Gasteiger partial charge on any atom is -0.331 e. The largest absolute Gasteiger partial charge is 0.331 e. The molecule has 2 aliphatic rings. The summed E-state index contributed by atoms with van der Waals surface area (Å²) in [5.41, 5.74) is 3.34. The molecule has 2 heterocycles. The fourth-order valence-electron chi connectivity index (χ4n) is 5.13. The van der Waals surface area contributed by atoms with E-state index in [2.05, 4.69) is 22.4 Å². The first kappa shape index (κ1) is 24.2. The van der Waals surface area contributed by atoms with E-state index in [1.807, 2.05) is 58.0 Å². The summed E-state index contributed by atoms with van der Waals surface area (Å²) in [6.45, 7) is 2.16. The second kappa shape index (κ2) is 11.0. The monoisotopic (exact) mass is 478 g/mol. The first-order valence-corrected chi connectivity index (χ1v) is 11.9. The van der Waals surface area contributed by atoms with Crippen LogP contribution in [-0.4, -0.2) is 51.8 Å². The van der Waals surface area contributed by atoms with Crippen molar-refractivity contribution in [3.05, 3.63) is 78.2 Å². The Balaban J connectivity index is 0.00000274. The summed E-state index contributed by atoms with van der Waals surface area (Å²) < 4.78 is 1.96. The van der Waals surface area contributed by atoms with Crippen molar-refractivity contribution in [1.82, 2.24) is 19.8 Å². The molecule has 6 nitrogen and oxygen atoms in total. The molecule has 0 spiro atoms. The number of imidazole rings is 1. The number of carbonyl (C=O) groups is 2. The summed E-state index contributed by atoms with van der Waals surface area (Å²) in [6, 6.07) is 20.0. The van der Waals surface area contributed by atoms with Gasteiger partial charge in [-0.05, 0) is 24.8 Å². The highest BCUT2D eigenvalue weighted by Gasteiger charge is 2.34. The van der Waals surface area contributed by atoms with Crippen LogP contribution in [0.2, 0.25) is 0 Å². The lowest BCUT2D eigenvalue weighted by Crippen LogP contribution is -2.54. The van der Waals surface area contributed by atoms with Gasteiger partial charge in [-0.15, -0.1) is 12.4 Å². The zero-order chi connectivity index (χ0) is 22.6. The van der Waals surface area contributed by atoms with Gasteiger partial charge in [-0.3, -0.25) is 9.59 Å². The summed E-state index contributed by atoms with van der Waals surface area (Å²) in [7, 11) is 0. The van der Waals surface area contributed by atoms with E-state index in [0.717, 1.165) is 50.0 Å². The van der Waals surface area contributed by atoms with Crippen LogP contribution in [-0.2, 0) is 11.2 Å². The number of amides is 1. The molecule has 1 saturated carbocycles. The number of hydrogen-bond acceptors (Lipinski definition) is 4. The van der Waals surface area contributed by atoms with Gasteiger partial charge in [0.1, 0.15) is 0 Å². The normalized spacial score (nSPS) is 20.6. The fourth-order valence-corrected chi connectivity index (χ4v) is 5.13. The molecule has 0 radical (unpaired) electrons. The first-order valence-electron chi connectivity index (χ1n) is 11.9. The maximum absolute atomic E-state index is 13.9. The van der Waals surface area contributed by atoms with Crippen LogP contribution in [0.15, 0.2) is 67.0 Å². The van der Waals surface area contributed by atoms with Gasteiger partial charge in [-0.1, -0.05) is 67.1 Å². The van der Waals surface area contributed by atoms with Gasteiger partial charge in [0.25, 0.3) is 5.91 Å². The molecule has 1 saturated heterocycles. The van der Waals surface area contributed by atoms with Crippen LogP contribution in [0, 0.1) is 0 Å². The summed E-state index contributed by atoms with van der Waals surface area (Å²) in [5, 5.41) is 3.44. The van der Waals surface area contributed by atoms with Crippen LogP contribution >= 0.6 is 12.4 Å². The lowest BCUT2D eigenvalue weighted by atomic mass is 9.93. The molecule has 1 aliphatic carbocycles. The lowest BCUT2D eigenvalue weighted by Gasteiger charge is -2.36. The molecule has 178 valence electrons. The molecule has 1 aliphatic heterocycles. The molecular formula is C27H31ClN4O2. The zero-order valence-electron chi connectivity index (χ0n) is 19.2. The van der Waals surface area contributed by atoms with Gasteiger partial charge in [0.15, 0.2) is 11.5 Å². The van der Waals surface area contributed by atoms with Crippen molar-refractivity contribution >= 4 is 24.1 Å². The van der Waals surface area contributed by atoms with Crippen molar-refractivity contribution in [3.8, 4) is 11.3 Å². The molecule has 1 aromatic heterocycles. The second-order valence-electron chi connectivity index (χ2n) is 8.99. The van der Waals surface area contributed by atoms with Crippen LogP contribution in [0.4, 0.5) is 0 Å². The lowest BCUT2D eigenvalue weighted by molar-refractivity contribution is -0.123. The minimum atomic E-state index is -0.244. The van der Waals surface area contributed by atoms with E-state index in [1.165, 1.54) is 5.56 Å². The van der Waals surface area contributed by atoms with E-state index in [-0.39, 0.29) is 36.2 Å². The Morgan fingerprint density at radius 3 is 2.50 bits per heavy atom. The number of ketones is 1. The number of halogens is 1. The van der Waals surface area contributed by atoms with Crippen molar-refractivity contribution in [1.29, 1.82) is 0 Å². The molecule has 3 aromatic rings. The summed E-state index contributed by atoms with van der Waals surface area (Å²) in [6.07, 6.45) is 5.85. The van der Waals surface area contributed by atoms with Gasteiger partial charge in [-0.25, -0.2) is 4.98 Å². The van der Waals surface area contributed by atoms with Crippen molar-refractivity contribution in [2.45, 2.75) is 44.2 Å². The van der Waals surface area contributed by atoms with E-state index >= 15 is 0 Å². The van der Waals surface area contributed by atoms with Gasteiger partial charge in [0, 0.05) is 37.7 Å². The SMILES string of the molecule is Cl.O=C1CCCC[C@@H]1n1cnc(C(=O)N2CCNC[C@H]2Cc2ccccc2)c1-c1ccccc1. The zero-order valence-corrected chi connectivity index (χ0v) is 20.0. The third kappa shape index (κ3) is 4.93. The molecular weight excluding hydrogens is 448 g/mol. The standard InChI is InChI=1S/C27H30N4O2.ClH/c32-24-14-8-7-13-23(24)31-19-29-25(26(31)21-11-5-2-6-12-21)27(33)30-16-15-28-18-22(30)17-20-9-3-1-4-10-20;/h1-6,9-12,19,22-23,28H,7-8,13-18H2;1H/t22-,23+;/m1./s1. The van der Waals surface area contributed by atoms with E-state index in [4.69, 9.17) is 0 Å². The van der Waals surface area contributed by atoms with E-state index in [9.17, 15) is 9.59 Å². The van der Waals surface area contributed by atoms with Crippen LogP contribution in [0.1, 0.15) is 47.8 Å². The first-order chi connectivity index (χ1) is 16.2. The Morgan fingerprint density at radius 1 is 1.03 bits per heavy atom. The van der Waals surface area contributed by atoms with Gasteiger partial charge in [0.2, 0.25) is 0 Å². The van der Waals surface area contributed by atoms with Crippen molar-refractivity contribution < 1.29 is 9.59 Å². The quantitative estimate of drug-likeness (QED) is 0.593. The molecule has 0 unspecified atom stereocenters. The van der Waals surface area contributed by atoms with Crippen molar-refractivity contribution in [2.24, 2.45) is 0 Å². The summed E-state index contributed by atoms with van der Waals surface area (Å²) >= 11 is 0. The van der Waals surface area contributed by atoms with Crippen LogP contribution in [0.3, 0.4) is 0 Å². The highest BCUT2D eigenvalue weighted by atomic mass is 35.5. The van der Waals surface area contributed by atoms with E-state index in [1.54, 1.807) is 6.33 Å². The maximum Gasteiger partial charge on any atom is 0.275 e. The van der Waals surface area contributed by atoms with Crippen LogP contribution in [0.5, 0.6) is 0 Å². The number of benzene rings is 2. The smallest absolute Gasteiger partial charge is 0.275 e. The predicted molar refractivity (Wildman–Crippen MR) is 135 cm³/mol. The Bertz CT molecular complexity index is 1120. The number of nitrogens with zero attached hydrogens (tertiary/aromatic N) is 3. The summed E-state index contributed by atoms with van der Waals surface area (Å²) in [5.74, 6) is 0.178. The Hall–Kier alpha value is -2.96. The maximum atomic E-state index is 13.9. The average molecular weight is 479 g/mol. The number of Topliss-reactive ketones (excluding diaryl/α,β-unsaturated/α-hetero) is 1. The van der Waals surface area contributed by atoms with Gasteiger partial charge in [0.05, 0.1) is 18.1 Å². The molecule has 34 heavy (non-hydrogen) atoms. The van der Waals surface area contributed by atoms with Crippen molar-refractivity contribution in [2.75, 3.05) is 19.6 Å². The average Bonchev–Trinajstić information content (AvgIpc) is 3.30. The number of aromatic nitrogens is 2. The third-order valence-electron chi connectivity index (χ3n) is 6.83. The molecule has 2 aromatic carbocycles. The highest BCUT2D eigenvalue weighted by molar-refractivity contribution is 5.99. The number of carbonyl (C=O) groups excluding carboxylic acids is 2. The Morgan fingerprint density at radius 2 is 1.76 bits per heavy atom. The van der Waals surface area contributed by atoms with Crippen LogP contribution in [0.25, 0.3) is 11.3 Å². The summed E-state index contributed by atoms with van der Waals surface area (Å²) in [4.78, 5) is 33.3. The number of nitrogens with one attached hydrogen (secondary N) is 1. The minimum absolute atomic E-state index is 0. The molecule has 5 rings (SSSR count). The third-order valence-corrected chi connectivity index (χ3v) is 6.83. The Kier molecular flexibility index (Phi) is 7.80. The molecule has 1 amide bonds. The number of rotatable bonds is 5. The molecule has 7 heteroatoms. The van der Waals surface area contributed by atoms with Gasteiger partial charge < -0.3 is 14.8 Å². The number of piperazine rings is 1. The van der Waals surface area contributed by atoms with Gasteiger partial charge >= 0.3 is 0 Å². The highest BCUT2D eigenvalue weighted by Crippen LogP contribution is 2.33. The molecule has 1 N–H and O–H groups in total. The molecule has 0 bridgehead atoms. The second-order valence-corrected chi connectivity index (χ2v) is 8.99. The van der Waals surface area contributed by atoms with Crippen LogP contribution < -0.4 is 5.32 Å². The van der Waals surface area contributed by atoms with E-state index in [0.29, 0.717) is 18.7 Å². The molecule has 2 fully saturated rings. The van der Waals surface area contributed by atoms with Crippen molar-refractivity contribution in [3.63, 3.8) is 0 Å². The van der Waals surface area contributed by atoms with E-state index < -0.39 is 0 Å². The van der Waals surface area contributed by atoms with Gasteiger partial charge in [-0.2, -0.15) is 0 Å². The topological polar surface area (TPSA) is 67.2 Å².